The van der Waals surface area contributed by atoms with Gasteiger partial charge in [-0.3, -0.25) is 10.2 Å². The molecule has 114 valence electrons. The molecule has 0 bridgehead atoms. The Morgan fingerprint density at radius 1 is 0.696 bits per heavy atom. The number of hydrogen-bond acceptors (Lipinski definition) is 2. The third-order valence-electron chi connectivity index (χ3n) is 3.36. The Morgan fingerprint density at radius 2 is 1.39 bits per heavy atom. The van der Waals surface area contributed by atoms with Gasteiger partial charge in [-0.05, 0) is 29.0 Å². The number of hydrazine groups is 1. The van der Waals surface area contributed by atoms with Gasteiger partial charge in [-0.2, -0.15) is 0 Å². The Morgan fingerprint density at radius 3 is 2.22 bits per heavy atom. The van der Waals surface area contributed by atoms with Crippen molar-refractivity contribution in [2.75, 3.05) is 5.32 Å². The molecule has 0 fully saturated rings. The minimum atomic E-state index is -0.509. The molecular weight excluding hydrogens is 290 g/mol. The first-order valence-electron chi connectivity index (χ1n) is 7.14. The van der Waals surface area contributed by atoms with Crippen molar-refractivity contribution in [1.82, 2.24) is 10.9 Å². The Kier molecular flexibility index (Phi) is 4.20. The zero-order chi connectivity index (χ0) is 16.1. The largest absolute Gasteiger partial charge is 0.337 e. The Hall–Kier alpha value is -3.34. The maximum absolute atomic E-state index is 12.3. The van der Waals surface area contributed by atoms with Crippen LogP contribution in [0.2, 0.25) is 0 Å². The van der Waals surface area contributed by atoms with E-state index in [1.54, 1.807) is 24.3 Å². The fourth-order valence-corrected chi connectivity index (χ4v) is 2.29. The van der Waals surface area contributed by atoms with Gasteiger partial charge in [-0.15, -0.1) is 0 Å². The van der Waals surface area contributed by atoms with Crippen molar-refractivity contribution in [1.29, 1.82) is 0 Å². The first-order chi connectivity index (χ1) is 11.2. The van der Waals surface area contributed by atoms with Crippen molar-refractivity contribution in [3.05, 3.63) is 78.4 Å². The molecule has 3 rings (SSSR count). The van der Waals surface area contributed by atoms with Crippen LogP contribution in [0.4, 0.5) is 10.5 Å². The van der Waals surface area contributed by atoms with Gasteiger partial charge in [0.05, 0.1) is 0 Å². The van der Waals surface area contributed by atoms with Crippen LogP contribution in [-0.2, 0) is 0 Å². The second-order valence-electron chi connectivity index (χ2n) is 4.93. The lowest BCUT2D eigenvalue weighted by Gasteiger charge is -2.10. The Balaban J connectivity index is 1.66. The summed E-state index contributed by atoms with van der Waals surface area (Å²) in [6.45, 7) is 0. The molecule has 0 aliphatic heterocycles. The normalized spacial score (nSPS) is 10.1. The average Bonchev–Trinajstić information content (AvgIpc) is 2.60. The van der Waals surface area contributed by atoms with Gasteiger partial charge < -0.3 is 5.32 Å². The van der Waals surface area contributed by atoms with Crippen molar-refractivity contribution in [2.24, 2.45) is 0 Å². The summed E-state index contributed by atoms with van der Waals surface area (Å²) in [5, 5.41) is 4.42. The van der Waals surface area contributed by atoms with E-state index in [-0.39, 0.29) is 5.91 Å². The van der Waals surface area contributed by atoms with E-state index in [0.717, 1.165) is 10.8 Å². The van der Waals surface area contributed by atoms with E-state index in [2.05, 4.69) is 16.2 Å². The summed E-state index contributed by atoms with van der Waals surface area (Å²) in [5.41, 5.74) is 5.90. The highest BCUT2D eigenvalue weighted by Crippen LogP contribution is 2.18. The zero-order valence-electron chi connectivity index (χ0n) is 12.2. The quantitative estimate of drug-likeness (QED) is 0.636. The number of para-hydroxylation sites is 1. The third-order valence-corrected chi connectivity index (χ3v) is 3.36. The van der Waals surface area contributed by atoms with Gasteiger partial charge >= 0.3 is 6.03 Å². The molecule has 0 heterocycles. The lowest BCUT2D eigenvalue weighted by Crippen LogP contribution is -2.43. The number of rotatable bonds is 2. The molecule has 0 atom stereocenters. The summed E-state index contributed by atoms with van der Waals surface area (Å²) in [5.74, 6) is -0.370. The molecule has 3 amide bonds. The smallest absolute Gasteiger partial charge is 0.307 e. The monoisotopic (exact) mass is 305 g/mol. The molecule has 0 spiro atoms. The number of anilines is 1. The van der Waals surface area contributed by atoms with Crippen LogP contribution in [0, 0.1) is 0 Å². The molecule has 0 unspecified atom stereocenters. The maximum Gasteiger partial charge on any atom is 0.337 e. The molecule has 0 radical (unpaired) electrons. The third kappa shape index (κ3) is 3.47. The molecule has 3 aromatic carbocycles. The molecule has 0 aliphatic carbocycles. The number of fused-ring (bicyclic) bond motifs is 1. The highest BCUT2D eigenvalue weighted by Gasteiger charge is 2.10. The van der Waals surface area contributed by atoms with E-state index in [1.165, 1.54) is 0 Å². The van der Waals surface area contributed by atoms with Gasteiger partial charge in [0.1, 0.15) is 0 Å². The van der Waals surface area contributed by atoms with Gasteiger partial charge in [0.2, 0.25) is 0 Å². The van der Waals surface area contributed by atoms with Crippen LogP contribution in [0.3, 0.4) is 0 Å². The lowest BCUT2D eigenvalue weighted by atomic mass is 10.0. The van der Waals surface area contributed by atoms with Crippen molar-refractivity contribution in [2.45, 2.75) is 0 Å². The van der Waals surface area contributed by atoms with E-state index in [1.807, 2.05) is 48.5 Å². The summed E-state index contributed by atoms with van der Waals surface area (Å²) in [6, 6.07) is 21.5. The van der Waals surface area contributed by atoms with Crippen LogP contribution in [0.25, 0.3) is 10.8 Å². The number of carbonyl (C=O) groups excluding carboxylic acids is 2. The molecule has 0 aliphatic rings. The van der Waals surface area contributed by atoms with Crippen LogP contribution in [0.5, 0.6) is 0 Å². The van der Waals surface area contributed by atoms with Crippen molar-refractivity contribution >= 4 is 28.4 Å². The van der Waals surface area contributed by atoms with Crippen LogP contribution < -0.4 is 16.2 Å². The van der Waals surface area contributed by atoms with Crippen molar-refractivity contribution in [3.63, 3.8) is 0 Å². The molecule has 0 aromatic heterocycles. The second-order valence-corrected chi connectivity index (χ2v) is 4.93. The predicted molar refractivity (Wildman–Crippen MR) is 90.0 cm³/mol. The van der Waals surface area contributed by atoms with Gasteiger partial charge in [0.25, 0.3) is 5.91 Å². The number of amides is 3. The minimum Gasteiger partial charge on any atom is -0.307 e. The molecule has 0 saturated carbocycles. The topological polar surface area (TPSA) is 70.2 Å². The van der Waals surface area contributed by atoms with E-state index < -0.39 is 6.03 Å². The maximum atomic E-state index is 12.3. The fourth-order valence-electron chi connectivity index (χ4n) is 2.29. The summed E-state index contributed by atoms with van der Waals surface area (Å²) >= 11 is 0. The van der Waals surface area contributed by atoms with Gasteiger partial charge in [0.15, 0.2) is 0 Å². The van der Waals surface area contributed by atoms with E-state index in [9.17, 15) is 9.59 Å². The zero-order valence-corrected chi connectivity index (χ0v) is 12.2. The highest BCUT2D eigenvalue weighted by molar-refractivity contribution is 6.07. The van der Waals surface area contributed by atoms with Crippen LogP contribution in [0.1, 0.15) is 10.4 Å². The Labute approximate surface area is 133 Å². The Bertz CT molecular complexity index is 842. The standard InChI is InChI=1S/C18H15N3O2/c22-17(16-12-6-8-13-7-4-5-11-15(13)16)20-21-18(23)19-14-9-2-1-3-10-14/h1-12H,(H,20,22)(H2,19,21,23). The van der Waals surface area contributed by atoms with Gasteiger partial charge in [-0.25, -0.2) is 10.2 Å². The second kappa shape index (κ2) is 6.62. The summed E-state index contributed by atoms with van der Waals surface area (Å²) in [6.07, 6.45) is 0. The molecule has 3 N–H and O–H groups in total. The first kappa shape index (κ1) is 14.6. The molecule has 23 heavy (non-hydrogen) atoms. The van der Waals surface area contributed by atoms with Gasteiger partial charge in [0, 0.05) is 11.3 Å². The highest BCUT2D eigenvalue weighted by atomic mass is 16.2. The van der Waals surface area contributed by atoms with E-state index in [4.69, 9.17) is 0 Å². The van der Waals surface area contributed by atoms with Crippen LogP contribution in [0.15, 0.2) is 72.8 Å². The SMILES string of the molecule is O=C(NNC(=O)c1cccc2ccccc12)Nc1ccccc1. The van der Waals surface area contributed by atoms with E-state index >= 15 is 0 Å². The number of benzene rings is 3. The molecular formula is C18H15N3O2. The molecule has 5 nitrogen and oxygen atoms in total. The van der Waals surface area contributed by atoms with Crippen molar-refractivity contribution < 1.29 is 9.59 Å². The minimum absolute atomic E-state index is 0.370. The van der Waals surface area contributed by atoms with Crippen molar-refractivity contribution in [3.8, 4) is 0 Å². The van der Waals surface area contributed by atoms with Crippen LogP contribution in [-0.4, -0.2) is 11.9 Å². The summed E-state index contributed by atoms with van der Waals surface area (Å²) < 4.78 is 0. The summed E-state index contributed by atoms with van der Waals surface area (Å²) in [7, 11) is 0. The van der Waals surface area contributed by atoms with Gasteiger partial charge in [-0.1, -0.05) is 54.6 Å². The number of hydrogen-bond donors (Lipinski definition) is 3. The number of nitrogens with one attached hydrogen (secondary N) is 3. The molecule has 3 aromatic rings. The molecule has 0 saturated heterocycles. The average molecular weight is 305 g/mol. The summed E-state index contributed by atoms with van der Waals surface area (Å²) in [4.78, 5) is 24.0. The predicted octanol–water partition coefficient (Wildman–Crippen LogP) is 3.31. The lowest BCUT2D eigenvalue weighted by molar-refractivity contribution is 0.0939. The number of carbonyl (C=O) groups is 2. The fraction of sp³-hybridized carbons (Fsp3) is 0. The number of urea groups is 1. The van der Waals surface area contributed by atoms with Crippen LogP contribution >= 0.6 is 0 Å². The molecule has 5 heteroatoms. The van der Waals surface area contributed by atoms with E-state index in [0.29, 0.717) is 11.3 Å². The first-order valence-corrected chi connectivity index (χ1v) is 7.14.